The molecule has 0 aliphatic heterocycles. The van der Waals surface area contributed by atoms with Crippen molar-refractivity contribution in [1.82, 2.24) is 9.97 Å². The van der Waals surface area contributed by atoms with Gasteiger partial charge in [0.15, 0.2) is 0 Å². The number of aryl methyl sites for hydroxylation is 1. The topological polar surface area (TPSA) is 84.2 Å². The van der Waals surface area contributed by atoms with E-state index in [9.17, 15) is 10.1 Å². The van der Waals surface area contributed by atoms with E-state index in [0.717, 1.165) is 11.3 Å². The van der Waals surface area contributed by atoms with Gasteiger partial charge in [-0.05, 0) is 49.7 Å². The maximum Gasteiger partial charge on any atom is 0.354 e. The molecule has 0 aliphatic rings. The van der Waals surface area contributed by atoms with Crippen LogP contribution < -0.4 is 10.2 Å². The van der Waals surface area contributed by atoms with Crippen LogP contribution in [0, 0.1) is 17.0 Å². The summed E-state index contributed by atoms with van der Waals surface area (Å²) in [5.74, 6) is 0.242. The summed E-state index contributed by atoms with van der Waals surface area (Å²) in [6.45, 7) is 4.35. The Labute approximate surface area is 172 Å². The smallest absolute Gasteiger partial charge is 0.333 e. The lowest BCUT2D eigenvalue weighted by Crippen LogP contribution is -2.20. The molecule has 1 heterocycles. The number of nitrogens with one attached hydrogen (secondary N) is 1. The number of nitro groups is 1. The first kappa shape index (κ1) is 19.9. The van der Waals surface area contributed by atoms with Crippen molar-refractivity contribution in [1.29, 1.82) is 0 Å². The quantitative estimate of drug-likeness (QED) is 0.396. The third-order valence-electron chi connectivity index (χ3n) is 4.05. The molecule has 3 aromatic rings. The zero-order valence-electron chi connectivity index (χ0n) is 15.2. The summed E-state index contributed by atoms with van der Waals surface area (Å²) in [6, 6.07) is 12.5. The molecule has 0 amide bonds. The van der Waals surface area contributed by atoms with Gasteiger partial charge in [0.1, 0.15) is 6.33 Å². The van der Waals surface area contributed by atoms with Gasteiger partial charge in [-0.15, -0.1) is 0 Å². The summed E-state index contributed by atoms with van der Waals surface area (Å²) >= 11 is 12.1. The molecule has 3 rings (SSSR count). The van der Waals surface area contributed by atoms with Crippen molar-refractivity contribution in [2.24, 2.45) is 0 Å². The SMILES string of the molecule is CCN(c1cccc(C)c1)c1ncnc(Nc2ccc(Cl)cc2Cl)c1[N+](=O)[O-]. The number of aromatic nitrogens is 2. The molecule has 0 saturated heterocycles. The average molecular weight is 418 g/mol. The lowest BCUT2D eigenvalue weighted by molar-refractivity contribution is -0.383. The highest BCUT2D eigenvalue weighted by Gasteiger charge is 2.27. The molecule has 0 aliphatic carbocycles. The molecular formula is C19H17Cl2N5O2. The van der Waals surface area contributed by atoms with Crippen LogP contribution in [-0.2, 0) is 0 Å². The number of anilines is 4. The molecule has 9 heteroatoms. The lowest BCUT2D eigenvalue weighted by atomic mass is 10.2. The van der Waals surface area contributed by atoms with Crippen molar-refractivity contribution in [3.8, 4) is 0 Å². The van der Waals surface area contributed by atoms with E-state index < -0.39 is 4.92 Å². The van der Waals surface area contributed by atoms with E-state index in [2.05, 4.69) is 15.3 Å². The van der Waals surface area contributed by atoms with Crippen molar-refractivity contribution in [3.63, 3.8) is 0 Å². The van der Waals surface area contributed by atoms with E-state index in [-0.39, 0.29) is 17.3 Å². The van der Waals surface area contributed by atoms with Gasteiger partial charge in [-0.2, -0.15) is 0 Å². The van der Waals surface area contributed by atoms with Crippen LogP contribution in [0.4, 0.5) is 28.7 Å². The van der Waals surface area contributed by atoms with Gasteiger partial charge in [0.25, 0.3) is 0 Å². The number of hydrogen-bond acceptors (Lipinski definition) is 6. The van der Waals surface area contributed by atoms with E-state index in [4.69, 9.17) is 23.2 Å². The Morgan fingerprint density at radius 2 is 1.96 bits per heavy atom. The first-order chi connectivity index (χ1) is 13.4. The van der Waals surface area contributed by atoms with Gasteiger partial charge < -0.3 is 10.2 Å². The Bertz CT molecular complexity index is 1030. The van der Waals surface area contributed by atoms with Gasteiger partial charge in [-0.3, -0.25) is 10.1 Å². The van der Waals surface area contributed by atoms with E-state index >= 15 is 0 Å². The highest BCUT2D eigenvalue weighted by atomic mass is 35.5. The summed E-state index contributed by atoms with van der Waals surface area (Å²) < 4.78 is 0. The molecule has 1 N–H and O–H groups in total. The average Bonchev–Trinajstić information content (AvgIpc) is 2.65. The van der Waals surface area contributed by atoms with Crippen LogP contribution in [0.1, 0.15) is 12.5 Å². The predicted molar refractivity (Wildman–Crippen MR) is 112 cm³/mol. The molecule has 2 aromatic carbocycles. The Morgan fingerprint density at radius 3 is 2.61 bits per heavy atom. The van der Waals surface area contributed by atoms with Gasteiger partial charge in [-0.1, -0.05) is 35.3 Å². The van der Waals surface area contributed by atoms with E-state index in [1.54, 1.807) is 23.1 Å². The second-order valence-corrected chi connectivity index (χ2v) is 6.83. The standard InChI is InChI=1S/C19H17Cl2N5O2/c1-3-25(14-6-4-5-12(2)9-14)19-17(26(27)28)18(22-11-23-19)24-16-8-7-13(20)10-15(16)21/h4-11H,3H2,1-2H3,(H,22,23,24). The largest absolute Gasteiger partial charge is 0.354 e. The Kier molecular flexibility index (Phi) is 5.96. The summed E-state index contributed by atoms with van der Waals surface area (Å²) in [6.07, 6.45) is 1.28. The molecule has 0 saturated carbocycles. The van der Waals surface area contributed by atoms with Gasteiger partial charge in [0.2, 0.25) is 11.6 Å². The summed E-state index contributed by atoms with van der Waals surface area (Å²) in [7, 11) is 0. The van der Waals surface area contributed by atoms with Crippen molar-refractivity contribution < 1.29 is 4.92 Å². The number of hydrogen-bond donors (Lipinski definition) is 1. The summed E-state index contributed by atoms with van der Waals surface area (Å²) in [4.78, 5) is 21.4. The van der Waals surface area contributed by atoms with Crippen LogP contribution in [0.5, 0.6) is 0 Å². The Balaban J connectivity index is 2.10. The molecule has 1 aromatic heterocycles. The number of nitrogens with zero attached hydrogens (tertiary/aromatic N) is 4. The minimum Gasteiger partial charge on any atom is -0.333 e. The van der Waals surface area contributed by atoms with Crippen molar-refractivity contribution in [2.75, 3.05) is 16.8 Å². The third-order valence-corrected chi connectivity index (χ3v) is 4.60. The first-order valence-corrected chi connectivity index (χ1v) is 9.22. The fraction of sp³-hybridized carbons (Fsp3) is 0.158. The fourth-order valence-corrected chi connectivity index (χ4v) is 3.25. The minimum absolute atomic E-state index is 0.0466. The molecule has 0 spiro atoms. The lowest BCUT2D eigenvalue weighted by Gasteiger charge is -2.22. The Hall–Kier alpha value is -2.90. The first-order valence-electron chi connectivity index (χ1n) is 8.46. The van der Waals surface area contributed by atoms with Crippen LogP contribution in [0.25, 0.3) is 0 Å². The maximum atomic E-state index is 11.9. The zero-order valence-corrected chi connectivity index (χ0v) is 16.7. The molecule has 0 unspecified atom stereocenters. The molecule has 7 nitrogen and oxygen atoms in total. The Morgan fingerprint density at radius 1 is 1.18 bits per heavy atom. The predicted octanol–water partition coefficient (Wildman–Crippen LogP) is 5.90. The maximum absolute atomic E-state index is 11.9. The van der Waals surface area contributed by atoms with Crippen LogP contribution in [0.2, 0.25) is 10.0 Å². The molecule has 0 atom stereocenters. The van der Waals surface area contributed by atoms with Crippen LogP contribution in [-0.4, -0.2) is 21.4 Å². The third kappa shape index (κ3) is 4.16. The van der Waals surface area contributed by atoms with Crippen LogP contribution in [0.3, 0.4) is 0 Å². The molecule has 28 heavy (non-hydrogen) atoms. The minimum atomic E-state index is -0.500. The van der Waals surface area contributed by atoms with E-state index in [0.29, 0.717) is 22.3 Å². The molecule has 0 radical (unpaired) electrons. The van der Waals surface area contributed by atoms with Crippen molar-refractivity contribution >= 4 is 51.9 Å². The highest BCUT2D eigenvalue weighted by Crippen LogP contribution is 2.38. The molecule has 0 fully saturated rings. The second kappa shape index (κ2) is 8.41. The summed E-state index contributed by atoms with van der Waals surface area (Å²) in [5.41, 5.74) is 2.06. The number of benzene rings is 2. The van der Waals surface area contributed by atoms with E-state index in [1.165, 1.54) is 6.33 Å². The van der Waals surface area contributed by atoms with Gasteiger partial charge in [-0.25, -0.2) is 9.97 Å². The molecular weight excluding hydrogens is 401 g/mol. The number of rotatable bonds is 6. The molecule has 0 bridgehead atoms. The van der Waals surface area contributed by atoms with Gasteiger partial charge in [0.05, 0.1) is 15.6 Å². The fourth-order valence-electron chi connectivity index (χ4n) is 2.80. The normalized spacial score (nSPS) is 10.6. The number of halogens is 2. The second-order valence-electron chi connectivity index (χ2n) is 5.98. The van der Waals surface area contributed by atoms with E-state index in [1.807, 2.05) is 38.1 Å². The summed E-state index contributed by atoms with van der Waals surface area (Å²) in [5, 5.41) is 15.6. The van der Waals surface area contributed by atoms with Crippen molar-refractivity contribution in [3.05, 3.63) is 74.5 Å². The monoisotopic (exact) mass is 417 g/mol. The highest BCUT2D eigenvalue weighted by molar-refractivity contribution is 6.36. The van der Waals surface area contributed by atoms with Crippen LogP contribution >= 0.6 is 23.2 Å². The van der Waals surface area contributed by atoms with Gasteiger partial charge >= 0.3 is 5.69 Å². The zero-order chi connectivity index (χ0) is 20.3. The molecule has 144 valence electrons. The van der Waals surface area contributed by atoms with Crippen LogP contribution in [0.15, 0.2) is 48.8 Å². The van der Waals surface area contributed by atoms with Gasteiger partial charge in [0, 0.05) is 17.3 Å². The van der Waals surface area contributed by atoms with Crippen molar-refractivity contribution in [2.45, 2.75) is 13.8 Å².